The highest BCUT2D eigenvalue weighted by Gasteiger charge is 2.19. The zero-order chi connectivity index (χ0) is 20.4. The maximum absolute atomic E-state index is 12.9. The van der Waals surface area contributed by atoms with Crippen molar-refractivity contribution in [2.24, 2.45) is 0 Å². The largest absolute Gasteiger partial charge is 0.454 e. The normalized spacial score (nSPS) is 12.7. The first-order valence-corrected chi connectivity index (χ1v) is 10.1. The lowest BCUT2D eigenvalue weighted by molar-refractivity contribution is -0.115. The molecule has 0 unspecified atom stereocenters. The number of aromatic nitrogens is 2. The van der Waals surface area contributed by atoms with Crippen LogP contribution in [0.3, 0.4) is 0 Å². The molecule has 0 atom stereocenters. The second kappa shape index (κ2) is 7.51. The summed E-state index contributed by atoms with van der Waals surface area (Å²) in [7, 11) is -3.73. The van der Waals surface area contributed by atoms with Crippen molar-refractivity contribution in [3.8, 4) is 23.0 Å². The SMILES string of the molecule is O=C(CCS(=O)(=O)c1ccc(F)cc1)Nc1nnc(-c2ccc3c(c2)OCO3)o1. The van der Waals surface area contributed by atoms with Crippen LogP contribution in [0.15, 0.2) is 51.8 Å². The van der Waals surface area contributed by atoms with E-state index >= 15 is 0 Å². The highest BCUT2D eigenvalue weighted by Crippen LogP contribution is 2.35. The highest BCUT2D eigenvalue weighted by atomic mass is 32.2. The van der Waals surface area contributed by atoms with Crippen LogP contribution in [0.4, 0.5) is 10.4 Å². The lowest BCUT2D eigenvalue weighted by atomic mass is 10.2. The third-order valence-corrected chi connectivity index (χ3v) is 5.79. The van der Waals surface area contributed by atoms with Crippen LogP contribution in [-0.4, -0.2) is 37.1 Å². The van der Waals surface area contributed by atoms with Crippen molar-refractivity contribution in [1.29, 1.82) is 0 Å². The van der Waals surface area contributed by atoms with Gasteiger partial charge in [0.1, 0.15) is 5.82 Å². The molecule has 11 heteroatoms. The minimum atomic E-state index is -3.73. The molecule has 2 heterocycles. The summed E-state index contributed by atoms with van der Waals surface area (Å²) in [5.74, 6) is -0.319. The molecule has 150 valence electrons. The van der Waals surface area contributed by atoms with Crippen LogP contribution in [0.5, 0.6) is 11.5 Å². The molecule has 0 saturated heterocycles. The van der Waals surface area contributed by atoms with Crippen molar-refractivity contribution in [3.05, 3.63) is 48.3 Å². The fourth-order valence-corrected chi connectivity index (χ4v) is 3.83. The predicted molar refractivity (Wildman–Crippen MR) is 97.6 cm³/mol. The van der Waals surface area contributed by atoms with E-state index in [2.05, 4.69) is 15.5 Å². The van der Waals surface area contributed by atoms with Crippen molar-refractivity contribution in [3.63, 3.8) is 0 Å². The van der Waals surface area contributed by atoms with E-state index in [4.69, 9.17) is 13.9 Å². The van der Waals surface area contributed by atoms with Gasteiger partial charge in [-0.05, 0) is 42.5 Å². The van der Waals surface area contributed by atoms with Gasteiger partial charge in [-0.15, -0.1) is 5.10 Å². The van der Waals surface area contributed by atoms with Gasteiger partial charge in [-0.25, -0.2) is 12.8 Å². The Morgan fingerprint density at radius 1 is 1.07 bits per heavy atom. The maximum Gasteiger partial charge on any atom is 0.322 e. The molecule has 1 aliphatic heterocycles. The summed E-state index contributed by atoms with van der Waals surface area (Å²) < 4.78 is 53.2. The summed E-state index contributed by atoms with van der Waals surface area (Å²) in [5.41, 5.74) is 0.570. The minimum Gasteiger partial charge on any atom is -0.454 e. The zero-order valence-electron chi connectivity index (χ0n) is 14.8. The van der Waals surface area contributed by atoms with Gasteiger partial charge in [0.2, 0.25) is 18.6 Å². The zero-order valence-corrected chi connectivity index (χ0v) is 15.6. The van der Waals surface area contributed by atoms with Crippen LogP contribution in [-0.2, 0) is 14.6 Å². The van der Waals surface area contributed by atoms with Crippen LogP contribution in [0, 0.1) is 5.82 Å². The Balaban J connectivity index is 1.37. The number of carbonyl (C=O) groups excluding carboxylic acids is 1. The van der Waals surface area contributed by atoms with Gasteiger partial charge in [0.15, 0.2) is 21.3 Å². The number of amides is 1. The number of sulfone groups is 1. The van der Waals surface area contributed by atoms with Crippen molar-refractivity contribution >= 4 is 21.8 Å². The number of carbonyl (C=O) groups is 1. The van der Waals surface area contributed by atoms with E-state index in [1.807, 2.05) is 0 Å². The van der Waals surface area contributed by atoms with E-state index in [-0.39, 0.29) is 30.0 Å². The van der Waals surface area contributed by atoms with Gasteiger partial charge in [-0.3, -0.25) is 10.1 Å². The van der Waals surface area contributed by atoms with E-state index in [1.165, 1.54) is 0 Å². The van der Waals surface area contributed by atoms with Crippen LogP contribution in [0.25, 0.3) is 11.5 Å². The Labute approximate surface area is 164 Å². The number of hydrogen-bond acceptors (Lipinski definition) is 8. The monoisotopic (exact) mass is 419 g/mol. The molecular weight excluding hydrogens is 405 g/mol. The summed E-state index contributed by atoms with van der Waals surface area (Å²) in [4.78, 5) is 12.0. The fourth-order valence-electron chi connectivity index (χ4n) is 2.59. The number of benzene rings is 2. The van der Waals surface area contributed by atoms with Crippen molar-refractivity contribution < 1.29 is 31.5 Å². The Morgan fingerprint density at radius 2 is 1.83 bits per heavy atom. The average Bonchev–Trinajstić information content (AvgIpc) is 3.35. The minimum absolute atomic E-state index is 0.0606. The highest BCUT2D eigenvalue weighted by molar-refractivity contribution is 7.91. The molecule has 1 aromatic heterocycles. The molecule has 1 N–H and O–H groups in total. The number of anilines is 1. The lowest BCUT2D eigenvalue weighted by Gasteiger charge is -2.04. The van der Waals surface area contributed by atoms with Crippen molar-refractivity contribution in [2.75, 3.05) is 17.9 Å². The standard InChI is InChI=1S/C18H14FN3O6S/c19-12-2-4-13(5-3-12)29(24,25)8-7-16(23)20-18-22-21-17(28-18)11-1-6-14-15(9-11)27-10-26-14/h1-6,9H,7-8,10H2,(H,20,22,23). The Hall–Kier alpha value is -3.47. The number of nitrogens with one attached hydrogen (secondary N) is 1. The van der Waals surface area contributed by atoms with E-state index in [0.29, 0.717) is 17.1 Å². The van der Waals surface area contributed by atoms with Crippen LogP contribution < -0.4 is 14.8 Å². The number of ether oxygens (including phenoxy) is 2. The fraction of sp³-hybridized carbons (Fsp3) is 0.167. The van der Waals surface area contributed by atoms with Crippen LogP contribution >= 0.6 is 0 Å². The Bertz CT molecular complexity index is 1160. The molecule has 4 rings (SSSR count). The molecule has 3 aromatic rings. The molecule has 9 nitrogen and oxygen atoms in total. The molecule has 0 saturated carbocycles. The topological polar surface area (TPSA) is 121 Å². The predicted octanol–water partition coefficient (Wildman–Crippen LogP) is 2.41. The molecule has 0 radical (unpaired) electrons. The van der Waals surface area contributed by atoms with Gasteiger partial charge in [0.25, 0.3) is 0 Å². The van der Waals surface area contributed by atoms with Crippen LogP contribution in [0.2, 0.25) is 0 Å². The molecule has 1 aliphatic rings. The van der Waals surface area contributed by atoms with Crippen LogP contribution in [0.1, 0.15) is 6.42 Å². The number of fused-ring (bicyclic) bond motifs is 1. The maximum atomic E-state index is 12.9. The van der Waals surface area contributed by atoms with Gasteiger partial charge in [0.05, 0.1) is 10.6 Å². The summed E-state index contributed by atoms with van der Waals surface area (Å²) in [5, 5.41) is 9.93. The molecule has 1 amide bonds. The molecule has 0 bridgehead atoms. The number of rotatable bonds is 6. The molecule has 0 spiro atoms. The van der Waals surface area contributed by atoms with Gasteiger partial charge < -0.3 is 13.9 Å². The first-order chi connectivity index (χ1) is 13.9. The summed E-state index contributed by atoms with van der Waals surface area (Å²) in [6, 6.07) is 9.28. The summed E-state index contributed by atoms with van der Waals surface area (Å²) in [6.45, 7) is 0.130. The van der Waals surface area contributed by atoms with Gasteiger partial charge in [-0.2, -0.15) is 0 Å². The average molecular weight is 419 g/mol. The lowest BCUT2D eigenvalue weighted by Crippen LogP contribution is -2.17. The van der Waals surface area contributed by atoms with E-state index in [9.17, 15) is 17.6 Å². The molecule has 0 aliphatic carbocycles. The number of hydrogen-bond donors (Lipinski definition) is 1. The first-order valence-electron chi connectivity index (χ1n) is 8.42. The van der Waals surface area contributed by atoms with Gasteiger partial charge in [0, 0.05) is 12.0 Å². The third kappa shape index (κ3) is 4.19. The van der Waals surface area contributed by atoms with E-state index in [1.54, 1.807) is 18.2 Å². The van der Waals surface area contributed by atoms with Gasteiger partial charge in [-0.1, -0.05) is 5.10 Å². The first kappa shape index (κ1) is 18.9. The summed E-state index contributed by atoms with van der Waals surface area (Å²) >= 11 is 0. The molecule has 2 aromatic carbocycles. The van der Waals surface area contributed by atoms with E-state index in [0.717, 1.165) is 24.3 Å². The van der Waals surface area contributed by atoms with Crippen molar-refractivity contribution in [1.82, 2.24) is 10.2 Å². The Kier molecular flexibility index (Phi) is 4.89. The summed E-state index contributed by atoms with van der Waals surface area (Å²) in [6.07, 6.45) is -0.332. The van der Waals surface area contributed by atoms with E-state index < -0.39 is 27.3 Å². The molecular formula is C18H14FN3O6S. The van der Waals surface area contributed by atoms with Crippen molar-refractivity contribution in [2.45, 2.75) is 11.3 Å². The number of halogens is 1. The Morgan fingerprint density at radius 3 is 2.62 bits per heavy atom. The second-order valence-electron chi connectivity index (χ2n) is 6.05. The second-order valence-corrected chi connectivity index (χ2v) is 8.16. The molecule has 29 heavy (non-hydrogen) atoms. The quantitative estimate of drug-likeness (QED) is 0.605. The number of nitrogens with zero attached hydrogens (tertiary/aromatic N) is 2. The molecule has 0 fully saturated rings. The smallest absolute Gasteiger partial charge is 0.322 e. The third-order valence-electron chi connectivity index (χ3n) is 4.06. The van der Waals surface area contributed by atoms with Gasteiger partial charge >= 0.3 is 6.01 Å².